The molecule has 0 atom stereocenters. The van der Waals surface area contributed by atoms with Gasteiger partial charge in [-0.1, -0.05) is 6.07 Å². The van der Waals surface area contributed by atoms with Crippen molar-refractivity contribution in [2.45, 2.75) is 26.4 Å². The van der Waals surface area contributed by atoms with Gasteiger partial charge in [0.05, 0.1) is 22.6 Å². The SMILES string of the molecule is Cc1nc2ccccn2c1CN1CCc2nc(-c3cncnc3)ncc2C1. The topological polar surface area (TPSA) is 72.1 Å². The minimum atomic E-state index is 0.695. The summed E-state index contributed by atoms with van der Waals surface area (Å²) in [7, 11) is 0. The van der Waals surface area contributed by atoms with Gasteiger partial charge < -0.3 is 4.40 Å². The molecule has 0 amide bonds. The quantitative estimate of drug-likeness (QED) is 0.561. The fraction of sp³-hybridized carbons (Fsp3) is 0.250. The summed E-state index contributed by atoms with van der Waals surface area (Å²) in [5.74, 6) is 0.695. The molecule has 0 radical (unpaired) electrons. The second-order valence-corrected chi connectivity index (χ2v) is 6.83. The van der Waals surface area contributed by atoms with Crippen molar-refractivity contribution in [1.82, 2.24) is 34.2 Å². The van der Waals surface area contributed by atoms with Gasteiger partial charge in [-0.15, -0.1) is 0 Å². The molecule has 7 nitrogen and oxygen atoms in total. The lowest BCUT2D eigenvalue weighted by Crippen LogP contribution is -2.31. The van der Waals surface area contributed by atoms with Crippen LogP contribution in [0.1, 0.15) is 22.6 Å². The van der Waals surface area contributed by atoms with E-state index in [0.29, 0.717) is 5.82 Å². The zero-order valence-electron chi connectivity index (χ0n) is 15.1. The number of pyridine rings is 1. The monoisotopic (exact) mass is 357 g/mol. The van der Waals surface area contributed by atoms with Crippen molar-refractivity contribution in [3.05, 3.63) is 72.0 Å². The Morgan fingerprint density at radius 1 is 1.07 bits per heavy atom. The van der Waals surface area contributed by atoms with Gasteiger partial charge in [-0.3, -0.25) is 4.90 Å². The van der Waals surface area contributed by atoms with E-state index in [1.165, 1.54) is 17.6 Å². The summed E-state index contributed by atoms with van der Waals surface area (Å²) in [6, 6.07) is 6.12. The summed E-state index contributed by atoms with van der Waals surface area (Å²) in [6.45, 7) is 4.76. The average Bonchev–Trinajstić information content (AvgIpc) is 3.03. The predicted octanol–water partition coefficient (Wildman–Crippen LogP) is 2.45. The standard InChI is InChI=1S/C20H19N7/c1-14-18(27-6-3-2-4-19(27)24-14)12-26-7-5-17-16(11-26)10-23-20(25-17)15-8-21-13-22-9-15/h2-4,6,8-10,13H,5,7,11-12H2,1H3. The van der Waals surface area contributed by atoms with E-state index in [4.69, 9.17) is 4.98 Å². The van der Waals surface area contributed by atoms with Crippen LogP contribution in [0.4, 0.5) is 0 Å². The van der Waals surface area contributed by atoms with Crippen LogP contribution in [0.2, 0.25) is 0 Å². The van der Waals surface area contributed by atoms with Gasteiger partial charge in [-0.05, 0) is 19.1 Å². The van der Waals surface area contributed by atoms with Crippen molar-refractivity contribution in [2.24, 2.45) is 0 Å². The third-order valence-electron chi connectivity index (χ3n) is 5.03. The van der Waals surface area contributed by atoms with Gasteiger partial charge in [0.1, 0.15) is 12.0 Å². The maximum atomic E-state index is 4.75. The van der Waals surface area contributed by atoms with Crippen LogP contribution in [-0.4, -0.2) is 40.8 Å². The molecule has 7 heteroatoms. The van der Waals surface area contributed by atoms with E-state index >= 15 is 0 Å². The Morgan fingerprint density at radius 3 is 2.85 bits per heavy atom. The third kappa shape index (κ3) is 2.96. The predicted molar refractivity (Wildman–Crippen MR) is 101 cm³/mol. The van der Waals surface area contributed by atoms with Crippen molar-refractivity contribution in [1.29, 1.82) is 0 Å². The molecule has 134 valence electrons. The van der Waals surface area contributed by atoms with Gasteiger partial charge in [0.15, 0.2) is 5.82 Å². The molecule has 1 aliphatic heterocycles. The van der Waals surface area contributed by atoms with Crippen LogP contribution in [0.3, 0.4) is 0 Å². The van der Waals surface area contributed by atoms with Crippen molar-refractivity contribution in [3.8, 4) is 11.4 Å². The highest BCUT2D eigenvalue weighted by molar-refractivity contribution is 5.52. The van der Waals surface area contributed by atoms with Crippen LogP contribution in [0.25, 0.3) is 17.0 Å². The lowest BCUT2D eigenvalue weighted by atomic mass is 10.1. The second kappa shape index (κ2) is 6.51. The average molecular weight is 357 g/mol. The molecule has 0 aromatic carbocycles. The van der Waals surface area contributed by atoms with Crippen LogP contribution >= 0.6 is 0 Å². The maximum Gasteiger partial charge on any atom is 0.162 e. The lowest BCUT2D eigenvalue weighted by molar-refractivity contribution is 0.239. The minimum absolute atomic E-state index is 0.695. The van der Waals surface area contributed by atoms with Crippen LogP contribution in [0.5, 0.6) is 0 Å². The normalized spacial score (nSPS) is 14.4. The molecule has 0 N–H and O–H groups in total. The molecule has 27 heavy (non-hydrogen) atoms. The molecule has 1 aliphatic rings. The van der Waals surface area contributed by atoms with E-state index in [1.807, 2.05) is 24.4 Å². The summed E-state index contributed by atoms with van der Waals surface area (Å²) >= 11 is 0. The Labute approximate surface area is 156 Å². The van der Waals surface area contributed by atoms with Gasteiger partial charge in [-0.25, -0.2) is 24.9 Å². The van der Waals surface area contributed by atoms with Crippen molar-refractivity contribution >= 4 is 5.65 Å². The smallest absolute Gasteiger partial charge is 0.162 e. The zero-order valence-corrected chi connectivity index (χ0v) is 15.1. The molecule has 0 aliphatic carbocycles. The molecule has 0 saturated heterocycles. The summed E-state index contributed by atoms with van der Waals surface area (Å²) in [5.41, 5.74) is 6.49. The van der Waals surface area contributed by atoms with E-state index in [0.717, 1.165) is 48.7 Å². The Hall–Kier alpha value is -3.19. The van der Waals surface area contributed by atoms with Crippen molar-refractivity contribution < 1.29 is 0 Å². The number of imidazole rings is 1. The first-order valence-corrected chi connectivity index (χ1v) is 9.03. The third-order valence-corrected chi connectivity index (χ3v) is 5.03. The van der Waals surface area contributed by atoms with E-state index in [2.05, 4.69) is 42.4 Å². The minimum Gasteiger partial charge on any atom is -0.302 e. The van der Waals surface area contributed by atoms with E-state index < -0.39 is 0 Å². The highest BCUT2D eigenvalue weighted by Crippen LogP contribution is 2.22. The lowest BCUT2D eigenvalue weighted by Gasteiger charge is -2.28. The van der Waals surface area contributed by atoms with Crippen molar-refractivity contribution in [2.75, 3.05) is 6.54 Å². The number of nitrogens with zero attached hydrogens (tertiary/aromatic N) is 7. The molecule has 0 bridgehead atoms. The zero-order chi connectivity index (χ0) is 18.2. The number of aryl methyl sites for hydroxylation is 1. The highest BCUT2D eigenvalue weighted by atomic mass is 15.2. The van der Waals surface area contributed by atoms with Crippen molar-refractivity contribution in [3.63, 3.8) is 0 Å². The molecule has 5 heterocycles. The first-order chi connectivity index (χ1) is 13.3. The number of rotatable bonds is 3. The van der Waals surface area contributed by atoms with E-state index in [-0.39, 0.29) is 0 Å². The first-order valence-electron chi connectivity index (χ1n) is 9.03. The molecule has 0 unspecified atom stereocenters. The molecular formula is C20H19N7. The summed E-state index contributed by atoms with van der Waals surface area (Å²) in [5, 5.41) is 0. The Bertz CT molecular complexity index is 1100. The molecule has 4 aromatic rings. The van der Waals surface area contributed by atoms with Gasteiger partial charge >= 0.3 is 0 Å². The first kappa shape index (κ1) is 16.0. The number of hydrogen-bond acceptors (Lipinski definition) is 6. The second-order valence-electron chi connectivity index (χ2n) is 6.83. The summed E-state index contributed by atoms with van der Waals surface area (Å²) < 4.78 is 2.18. The van der Waals surface area contributed by atoms with E-state index in [1.54, 1.807) is 12.4 Å². The molecule has 4 aromatic heterocycles. The van der Waals surface area contributed by atoms with Gasteiger partial charge in [0, 0.05) is 56.4 Å². The van der Waals surface area contributed by atoms with Crippen LogP contribution in [0, 0.1) is 6.92 Å². The molecule has 0 spiro atoms. The summed E-state index contributed by atoms with van der Waals surface area (Å²) in [6.07, 6.45) is 9.95. The Morgan fingerprint density at radius 2 is 1.96 bits per heavy atom. The van der Waals surface area contributed by atoms with Gasteiger partial charge in [0.2, 0.25) is 0 Å². The molecule has 5 rings (SSSR count). The summed E-state index contributed by atoms with van der Waals surface area (Å²) in [4.78, 5) is 24.5. The Kier molecular flexibility index (Phi) is 3.86. The fourth-order valence-corrected chi connectivity index (χ4v) is 3.63. The van der Waals surface area contributed by atoms with Gasteiger partial charge in [-0.2, -0.15) is 0 Å². The van der Waals surface area contributed by atoms with Crippen LogP contribution in [-0.2, 0) is 19.5 Å². The molecular weight excluding hydrogens is 338 g/mol. The molecule has 0 fully saturated rings. The van der Waals surface area contributed by atoms with E-state index in [9.17, 15) is 0 Å². The van der Waals surface area contributed by atoms with Crippen LogP contribution in [0.15, 0.2) is 49.3 Å². The number of aromatic nitrogens is 6. The maximum absolute atomic E-state index is 4.75. The van der Waals surface area contributed by atoms with Crippen LogP contribution < -0.4 is 0 Å². The Balaban J connectivity index is 1.39. The largest absolute Gasteiger partial charge is 0.302 e. The van der Waals surface area contributed by atoms with Gasteiger partial charge in [0.25, 0.3) is 0 Å². The number of fused-ring (bicyclic) bond motifs is 2. The number of hydrogen-bond donors (Lipinski definition) is 0. The highest BCUT2D eigenvalue weighted by Gasteiger charge is 2.21. The fourth-order valence-electron chi connectivity index (χ4n) is 3.63. The molecule has 0 saturated carbocycles.